The highest BCUT2D eigenvalue weighted by molar-refractivity contribution is 7.85. The second-order valence-corrected chi connectivity index (χ2v) is 5.46. The number of rotatable bonds is 4. The van der Waals surface area contributed by atoms with Gasteiger partial charge in [-0.05, 0) is 17.3 Å². The summed E-state index contributed by atoms with van der Waals surface area (Å²) >= 11 is 0. The highest BCUT2D eigenvalue weighted by Crippen LogP contribution is 2.17. The van der Waals surface area contributed by atoms with E-state index in [2.05, 4.69) is 19.4 Å². The van der Waals surface area contributed by atoms with Crippen LogP contribution in [0.1, 0.15) is 5.82 Å². The number of aromatic amines is 1. The van der Waals surface area contributed by atoms with Crippen LogP contribution in [-0.4, -0.2) is 30.5 Å². The van der Waals surface area contributed by atoms with Crippen molar-refractivity contribution in [3.63, 3.8) is 0 Å². The van der Waals surface area contributed by atoms with E-state index in [0.29, 0.717) is 11.3 Å². The first-order valence-corrected chi connectivity index (χ1v) is 7.20. The SMILES string of the molecule is CS(=O)(=O)ON=C(N)c1nc(-c2cccc(F)c2)c[nH]1. The third kappa shape index (κ3) is 3.54. The molecule has 106 valence electrons. The number of hydrogen-bond donors (Lipinski definition) is 2. The van der Waals surface area contributed by atoms with Crippen molar-refractivity contribution in [1.29, 1.82) is 0 Å². The number of H-pyrrole nitrogens is 1. The fraction of sp³-hybridized carbons (Fsp3) is 0.0909. The average Bonchev–Trinajstić information content (AvgIpc) is 2.84. The number of halogens is 1. The van der Waals surface area contributed by atoms with Crippen molar-refractivity contribution < 1.29 is 17.1 Å². The summed E-state index contributed by atoms with van der Waals surface area (Å²) in [5, 5.41) is 3.23. The van der Waals surface area contributed by atoms with Gasteiger partial charge in [-0.15, -0.1) is 0 Å². The number of imidazole rings is 1. The normalized spacial score (nSPS) is 12.4. The van der Waals surface area contributed by atoms with Crippen LogP contribution >= 0.6 is 0 Å². The third-order valence-electron chi connectivity index (χ3n) is 2.21. The Morgan fingerprint density at radius 3 is 2.90 bits per heavy atom. The van der Waals surface area contributed by atoms with E-state index in [-0.39, 0.29) is 11.7 Å². The fourth-order valence-electron chi connectivity index (χ4n) is 1.40. The summed E-state index contributed by atoms with van der Waals surface area (Å²) in [5.74, 6) is -0.514. The van der Waals surface area contributed by atoms with Crippen LogP contribution in [-0.2, 0) is 14.4 Å². The van der Waals surface area contributed by atoms with Crippen molar-refractivity contribution in [3.8, 4) is 11.3 Å². The zero-order valence-corrected chi connectivity index (χ0v) is 11.2. The zero-order chi connectivity index (χ0) is 14.8. The predicted octanol–water partition coefficient (Wildman–Crippen LogP) is 0.812. The lowest BCUT2D eigenvalue weighted by Gasteiger charge is -1.97. The Kier molecular flexibility index (Phi) is 3.70. The van der Waals surface area contributed by atoms with Crippen LogP contribution in [0.5, 0.6) is 0 Å². The molecule has 7 nitrogen and oxygen atoms in total. The van der Waals surface area contributed by atoms with Gasteiger partial charge in [0.25, 0.3) is 0 Å². The molecular weight excluding hydrogens is 287 g/mol. The van der Waals surface area contributed by atoms with E-state index in [0.717, 1.165) is 6.26 Å². The third-order valence-corrected chi connectivity index (χ3v) is 2.56. The molecule has 0 aliphatic rings. The number of hydrogen-bond acceptors (Lipinski definition) is 5. The highest BCUT2D eigenvalue weighted by Gasteiger charge is 2.09. The van der Waals surface area contributed by atoms with Crippen molar-refractivity contribution >= 4 is 16.0 Å². The van der Waals surface area contributed by atoms with Gasteiger partial charge in [-0.25, -0.2) is 9.37 Å². The second-order valence-electron chi connectivity index (χ2n) is 3.90. The minimum absolute atomic E-state index is 0.118. The molecule has 1 aromatic heterocycles. The van der Waals surface area contributed by atoms with Gasteiger partial charge >= 0.3 is 10.1 Å². The van der Waals surface area contributed by atoms with Gasteiger partial charge in [0.15, 0.2) is 5.82 Å². The molecule has 0 fully saturated rings. The smallest absolute Gasteiger partial charge is 0.325 e. The first-order valence-electron chi connectivity index (χ1n) is 5.39. The summed E-state index contributed by atoms with van der Waals surface area (Å²) in [4.78, 5) is 6.76. The average molecular weight is 298 g/mol. The number of amidine groups is 1. The molecule has 0 unspecified atom stereocenters. The summed E-state index contributed by atoms with van der Waals surface area (Å²) < 4.78 is 38.8. The number of oxime groups is 1. The van der Waals surface area contributed by atoms with Crippen LogP contribution in [0.25, 0.3) is 11.3 Å². The molecule has 0 aliphatic carbocycles. The van der Waals surface area contributed by atoms with E-state index >= 15 is 0 Å². The molecule has 0 bridgehead atoms. The Balaban J connectivity index is 2.25. The van der Waals surface area contributed by atoms with Gasteiger partial charge < -0.3 is 10.7 Å². The first-order chi connectivity index (χ1) is 9.35. The standard InChI is InChI=1S/C11H11FN4O3S/c1-20(17,18)19-16-10(13)11-14-6-9(15-11)7-3-2-4-8(12)5-7/h2-6H,1H3,(H2,13,16)(H,14,15). The van der Waals surface area contributed by atoms with Crippen molar-refractivity contribution in [2.45, 2.75) is 0 Å². The van der Waals surface area contributed by atoms with E-state index in [9.17, 15) is 12.8 Å². The molecule has 20 heavy (non-hydrogen) atoms. The van der Waals surface area contributed by atoms with E-state index < -0.39 is 15.9 Å². The minimum Gasteiger partial charge on any atom is -0.378 e. The maximum Gasteiger partial charge on any atom is 0.325 e. The second kappa shape index (κ2) is 5.29. The molecule has 0 aliphatic heterocycles. The van der Waals surface area contributed by atoms with Crippen LogP contribution in [0.3, 0.4) is 0 Å². The van der Waals surface area contributed by atoms with E-state index in [1.54, 1.807) is 12.1 Å². The van der Waals surface area contributed by atoms with E-state index in [1.165, 1.54) is 18.3 Å². The van der Waals surface area contributed by atoms with Crippen molar-refractivity contribution in [2.75, 3.05) is 6.26 Å². The van der Waals surface area contributed by atoms with Crippen LogP contribution in [0.4, 0.5) is 4.39 Å². The van der Waals surface area contributed by atoms with Gasteiger partial charge in [-0.3, -0.25) is 4.28 Å². The van der Waals surface area contributed by atoms with Gasteiger partial charge in [-0.2, -0.15) is 8.42 Å². The van der Waals surface area contributed by atoms with Gasteiger partial charge in [0, 0.05) is 11.8 Å². The van der Waals surface area contributed by atoms with Crippen LogP contribution in [0, 0.1) is 5.82 Å². The maximum atomic E-state index is 13.1. The summed E-state index contributed by atoms with van der Waals surface area (Å²) in [7, 11) is -3.74. The number of benzene rings is 1. The number of nitrogens with one attached hydrogen (secondary N) is 1. The van der Waals surface area contributed by atoms with Crippen molar-refractivity contribution in [2.24, 2.45) is 10.9 Å². The molecule has 3 N–H and O–H groups in total. The van der Waals surface area contributed by atoms with Gasteiger partial charge in [-0.1, -0.05) is 12.1 Å². The Hall–Kier alpha value is -2.42. The monoisotopic (exact) mass is 298 g/mol. The molecule has 2 rings (SSSR count). The van der Waals surface area contributed by atoms with Crippen LogP contribution < -0.4 is 5.73 Å². The molecule has 1 aromatic carbocycles. The van der Waals surface area contributed by atoms with E-state index in [4.69, 9.17) is 5.73 Å². The summed E-state index contributed by atoms with van der Waals surface area (Å²) in [6.45, 7) is 0. The minimum atomic E-state index is -3.74. The molecule has 1 heterocycles. The summed E-state index contributed by atoms with van der Waals surface area (Å²) in [6.07, 6.45) is 2.33. The molecule has 0 saturated carbocycles. The zero-order valence-electron chi connectivity index (χ0n) is 10.4. The Bertz CT molecular complexity index is 755. The number of nitrogens with zero attached hydrogens (tertiary/aromatic N) is 2. The highest BCUT2D eigenvalue weighted by atomic mass is 32.2. The predicted molar refractivity (Wildman–Crippen MR) is 70.6 cm³/mol. The lowest BCUT2D eigenvalue weighted by Crippen LogP contribution is -2.16. The molecule has 0 spiro atoms. The lowest BCUT2D eigenvalue weighted by molar-refractivity contribution is 0.342. The van der Waals surface area contributed by atoms with Gasteiger partial charge in [0.1, 0.15) is 5.82 Å². The Morgan fingerprint density at radius 1 is 1.50 bits per heavy atom. The van der Waals surface area contributed by atoms with E-state index in [1.807, 2.05) is 0 Å². The van der Waals surface area contributed by atoms with Crippen molar-refractivity contribution in [1.82, 2.24) is 9.97 Å². The van der Waals surface area contributed by atoms with Gasteiger partial charge in [0.2, 0.25) is 5.84 Å². The van der Waals surface area contributed by atoms with Gasteiger partial charge in [0.05, 0.1) is 11.9 Å². The van der Waals surface area contributed by atoms with Crippen LogP contribution in [0.2, 0.25) is 0 Å². The molecule has 9 heteroatoms. The number of nitrogens with two attached hydrogens (primary N) is 1. The molecular formula is C11H11FN4O3S. The molecule has 0 amide bonds. The topological polar surface area (TPSA) is 110 Å². The molecule has 0 radical (unpaired) electrons. The maximum absolute atomic E-state index is 13.1. The summed E-state index contributed by atoms with van der Waals surface area (Å²) in [5.41, 5.74) is 6.50. The number of aromatic nitrogens is 2. The lowest BCUT2D eigenvalue weighted by atomic mass is 10.2. The largest absolute Gasteiger partial charge is 0.378 e. The molecule has 0 saturated heterocycles. The summed E-state index contributed by atoms with van der Waals surface area (Å²) in [6, 6.07) is 5.83. The van der Waals surface area contributed by atoms with Crippen molar-refractivity contribution in [3.05, 3.63) is 42.1 Å². The van der Waals surface area contributed by atoms with Crippen LogP contribution in [0.15, 0.2) is 35.6 Å². The fourth-order valence-corrected chi connectivity index (χ4v) is 1.62. The molecule has 0 atom stereocenters. The first kappa shape index (κ1) is 14.0. The molecule has 2 aromatic rings. The quantitative estimate of drug-likeness (QED) is 0.493. The Morgan fingerprint density at radius 2 is 2.25 bits per heavy atom. The Labute approximate surface area is 114 Å².